The van der Waals surface area contributed by atoms with Crippen LogP contribution in [0.25, 0.3) is 0 Å². The highest BCUT2D eigenvalue weighted by Crippen LogP contribution is 2.25. The van der Waals surface area contributed by atoms with Crippen LogP contribution >= 0.6 is 0 Å². The second-order valence-electron chi connectivity index (χ2n) is 5.98. The number of amides is 1. The van der Waals surface area contributed by atoms with Gasteiger partial charge in [-0.05, 0) is 61.7 Å². The Morgan fingerprint density at radius 2 is 1.75 bits per heavy atom. The van der Waals surface area contributed by atoms with Gasteiger partial charge in [0, 0.05) is 17.6 Å². The van der Waals surface area contributed by atoms with Gasteiger partial charge in [-0.2, -0.15) is 0 Å². The van der Waals surface area contributed by atoms with Gasteiger partial charge in [0.1, 0.15) is 0 Å². The zero-order valence-electron chi connectivity index (χ0n) is 14.3. The summed E-state index contributed by atoms with van der Waals surface area (Å²) >= 11 is 0. The lowest BCUT2D eigenvalue weighted by molar-refractivity contribution is -0.114. The van der Waals surface area contributed by atoms with Gasteiger partial charge in [-0.15, -0.1) is 0 Å². The van der Waals surface area contributed by atoms with Crippen molar-refractivity contribution in [2.75, 3.05) is 23.4 Å². The van der Waals surface area contributed by atoms with Crippen LogP contribution in [0.3, 0.4) is 0 Å². The predicted molar refractivity (Wildman–Crippen MR) is 97.3 cm³/mol. The number of nitrogens with one attached hydrogen (secondary N) is 2. The molecule has 0 atom stereocenters. The molecule has 6 heteroatoms. The third-order valence-electron chi connectivity index (χ3n) is 3.65. The van der Waals surface area contributed by atoms with E-state index in [2.05, 4.69) is 10.6 Å². The minimum atomic E-state index is -3.31. The van der Waals surface area contributed by atoms with Gasteiger partial charge in [0.2, 0.25) is 5.91 Å². The molecule has 24 heavy (non-hydrogen) atoms. The Morgan fingerprint density at radius 3 is 2.38 bits per heavy atom. The van der Waals surface area contributed by atoms with Crippen LogP contribution in [0.2, 0.25) is 0 Å². The number of sulfone groups is 1. The van der Waals surface area contributed by atoms with Gasteiger partial charge in [-0.25, -0.2) is 8.42 Å². The third kappa shape index (κ3) is 4.58. The molecule has 0 unspecified atom stereocenters. The summed E-state index contributed by atoms with van der Waals surface area (Å²) in [5.41, 5.74) is 3.89. The van der Waals surface area contributed by atoms with Crippen LogP contribution in [0.4, 0.5) is 11.4 Å². The van der Waals surface area contributed by atoms with Crippen molar-refractivity contribution in [1.82, 2.24) is 0 Å². The molecule has 2 rings (SSSR count). The minimum Gasteiger partial charge on any atom is -0.376 e. The third-order valence-corrected chi connectivity index (χ3v) is 4.87. The monoisotopic (exact) mass is 346 g/mol. The van der Waals surface area contributed by atoms with Crippen molar-refractivity contribution >= 4 is 27.1 Å². The van der Waals surface area contributed by atoms with Gasteiger partial charge in [-0.3, -0.25) is 4.79 Å². The molecule has 2 aromatic carbocycles. The molecule has 0 aromatic heterocycles. The van der Waals surface area contributed by atoms with E-state index in [0.717, 1.165) is 16.8 Å². The molecule has 128 valence electrons. The molecule has 0 heterocycles. The molecule has 0 aliphatic rings. The number of carbonyl (C=O) groups excluding carboxylic acids is 1. The van der Waals surface area contributed by atoms with Gasteiger partial charge in [0.05, 0.1) is 11.4 Å². The number of aryl methyl sites for hydroxylation is 2. The first-order chi connectivity index (χ1) is 11.2. The van der Waals surface area contributed by atoms with Crippen molar-refractivity contribution in [2.24, 2.45) is 0 Å². The highest BCUT2D eigenvalue weighted by Gasteiger charge is 2.15. The Bertz CT molecular complexity index is 874. The molecule has 0 saturated carbocycles. The first-order valence-corrected chi connectivity index (χ1v) is 9.47. The summed E-state index contributed by atoms with van der Waals surface area (Å²) in [6.45, 7) is 5.57. The fourth-order valence-electron chi connectivity index (χ4n) is 2.50. The summed E-state index contributed by atoms with van der Waals surface area (Å²) in [5.74, 6) is -0.192. The van der Waals surface area contributed by atoms with Crippen molar-refractivity contribution in [1.29, 1.82) is 0 Å². The first-order valence-electron chi connectivity index (χ1n) is 7.58. The van der Waals surface area contributed by atoms with Gasteiger partial charge in [-0.1, -0.05) is 12.1 Å². The van der Waals surface area contributed by atoms with Crippen LogP contribution in [0.5, 0.6) is 0 Å². The van der Waals surface area contributed by atoms with Crippen molar-refractivity contribution in [3.05, 3.63) is 53.1 Å². The van der Waals surface area contributed by atoms with E-state index < -0.39 is 9.84 Å². The number of hydrogen-bond donors (Lipinski definition) is 2. The van der Waals surface area contributed by atoms with Crippen molar-refractivity contribution in [3.8, 4) is 0 Å². The molecular formula is C18H22N2O3S. The number of benzene rings is 2. The van der Waals surface area contributed by atoms with Crippen LogP contribution in [0.15, 0.2) is 41.3 Å². The molecule has 0 aliphatic heterocycles. The molecule has 0 spiro atoms. The Hall–Kier alpha value is -2.34. The second kappa shape index (κ2) is 7.05. The average Bonchev–Trinajstić information content (AvgIpc) is 2.46. The zero-order valence-corrected chi connectivity index (χ0v) is 15.1. The smallest absolute Gasteiger partial charge is 0.243 e. The number of hydrogen-bond acceptors (Lipinski definition) is 4. The van der Waals surface area contributed by atoms with Crippen LogP contribution in [0, 0.1) is 20.8 Å². The maximum Gasteiger partial charge on any atom is 0.243 e. The van der Waals surface area contributed by atoms with E-state index in [9.17, 15) is 13.2 Å². The van der Waals surface area contributed by atoms with E-state index in [-0.39, 0.29) is 17.3 Å². The van der Waals surface area contributed by atoms with E-state index >= 15 is 0 Å². The Morgan fingerprint density at radius 1 is 1.04 bits per heavy atom. The molecule has 0 aliphatic carbocycles. The normalized spacial score (nSPS) is 11.2. The minimum absolute atomic E-state index is 0.0570. The predicted octanol–water partition coefficient (Wildman–Crippen LogP) is 3.07. The highest BCUT2D eigenvalue weighted by molar-refractivity contribution is 7.90. The quantitative estimate of drug-likeness (QED) is 0.872. The van der Waals surface area contributed by atoms with Crippen molar-refractivity contribution in [2.45, 2.75) is 25.7 Å². The summed E-state index contributed by atoms with van der Waals surface area (Å²) in [6.07, 6.45) is 1.18. The summed E-state index contributed by atoms with van der Waals surface area (Å²) < 4.78 is 23.7. The zero-order chi connectivity index (χ0) is 17.9. The van der Waals surface area contributed by atoms with Gasteiger partial charge >= 0.3 is 0 Å². The molecule has 0 saturated heterocycles. The van der Waals surface area contributed by atoms with Gasteiger partial charge in [0.15, 0.2) is 9.84 Å². The van der Waals surface area contributed by atoms with E-state index in [1.807, 2.05) is 44.2 Å². The standard InChI is InChI=1S/C18H22N2O3S/c1-12-6-5-7-15(8-12)20-18(21)11-19-16-9-13(2)10-17(14(16)3)24(4,22)23/h5-10,19H,11H2,1-4H3,(H,20,21). The molecule has 0 fully saturated rings. The molecule has 1 amide bonds. The van der Waals surface area contributed by atoms with Crippen molar-refractivity contribution in [3.63, 3.8) is 0 Å². The lowest BCUT2D eigenvalue weighted by atomic mass is 10.1. The fraction of sp³-hybridized carbons (Fsp3) is 0.278. The lowest BCUT2D eigenvalue weighted by Gasteiger charge is -2.14. The SMILES string of the molecule is Cc1cccc(NC(=O)CNc2cc(C)cc(S(C)(=O)=O)c2C)c1. The number of anilines is 2. The average molecular weight is 346 g/mol. The summed E-state index contributed by atoms with van der Waals surface area (Å²) in [4.78, 5) is 12.4. The van der Waals surface area contributed by atoms with Crippen LogP contribution < -0.4 is 10.6 Å². The van der Waals surface area contributed by atoms with E-state index in [0.29, 0.717) is 11.3 Å². The number of rotatable bonds is 5. The largest absolute Gasteiger partial charge is 0.376 e. The molecule has 5 nitrogen and oxygen atoms in total. The molecule has 0 radical (unpaired) electrons. The van der Waals surface area contributed by atoms with Crippen LogP contribution in [-0.2, 0) is 14.6 Å². The Kier molecular flexibility index (Phi) is 5.29. The maximum atomic E-state index is 12.1. The van der Waals surface area contributed by atoms with Crippen molar-refractivity contribution < 1.29 is 13.2 Å². The first kappa shape index (κ1) is 18.0. The summed E-state index contributed by atoms with van der Waals surface area (Å²) in [6, 6.07) is 11.0. The second-order valence-corrected chi connectivity index (χ2v) is 7.96. The van der Waals surface area contributed by atoms with E-state index in [4.69, 9.17) is 0 Å². The molecule has 2 aromatic rings. The fourth-order valence-corrected chi connectivity index (χ4v) is 3.56. The van der Waals surface area contributed by atoms with Crippen LogP contribution in [0.1, 0.15) is 16.7 Å². The summed E-state index contributed by atoms with van der Waals surface area (Å²) in [7, 11) is -3.31. The maximum absolute atomic E-state index is 12.1. The van der Waals surface area contributed by atoms with E-state index in [1.54, 1.807) is 13.0 Å². The molecule has 0 bridgehead atoms. The Labute approximate surface area is 143 Å². The summed E-state index contributed by atoms with van der Waals surface area (Å²) in [5, 5.41) is 5.84. The highest BCUT2D eigenvalue weighted by atomic mass is 32.2. The van der Waals surface area contributed by atoms with Crippen LogP contribution in [-0.4, -0.2) is 27.1 Å². The Balaban J connectivity index is 2.12. The molecular weight excluding hydrogens is 324 g/mol. The number of carbonyl (C=O) groups is 1. The van der Waals surface area contributed by atoms with Gasteiger partial charge < -0.3 is 10.6 Å². The lowest BCUT2D eigenvalue weighted by Crippen LogP contribution is -2.22. The molecule has 2 N–H and O–H groups in total. The van der Waals surface area contributed by atoms with E-state index in [1.165, 1.54) is 6.26 Å². The topological polar surface area (TPSA) is 75.3 Å². The van der Waals surface area contributed by atoms with Gasteiger partial charge in [0.25, 0.3) is 0 Å².